The first-order chi connectivity index (χ1) is 19.5. The largest absolute Gasteiger partial charge is 0.350 e. The highest BCUT2D eigenvalue weighted by Gasteiger charge is 2.40. The van der Waals surface area contributed by atoms with Gasteiger partial charge in [-0.1, -0.05) is 56.7 Å². The summed E-state index contributed by atoms with van der Waals surface area (Å²) < 4.78 is 16.3. The van der Waals surface area contributed by atoms with Crippen molar-refractivity contribution in [2.24, 2.45) is 0 Å². The van der Waals surface area contributed by atoms with Crippen LogP contribution in [-0.4, -0.2) is 38.9 Å². The summed E-state index contributed by atoms with van der Waals surface area (Å²) >= 11 is 1.43. The van der Waals surface area contributed by atoms with Crippen LogP contribution in [0, 0.1) is 19.7 Å². The van der Waals surface area contributed by atoms with Crippen molar-refractivity contribution >= 4 is 29.4 Å². The number of carbonyl (C=O) groups is 2. The molecule has 0 bridgehead atoms. The molecule has 0 saturated heterocycles. The van der Waals surface area contributed by atoms with Crippen LogP contribution < -0.4 is 10.2 Å². The summed E-state index contributed by atoms with van der Waals surface area (Å²) in [6.45, 7) is 10.4. The van der Waals surface area contributed by atoms with Crippen molar-refractivity contribution in [1.82, 2.24) is 20.1 Å². The maximum Gasteiger partial charge on any atom is 0.240 e. The summed E-state index contributed by atoms with van der Waals surface area (Å²) in [5.41, 5.74) is 5.74. The smallest absolute Gasteiger partial charge is 0.240 e. The molecule has 9 heteroatoms. The number of nitrogens with zero attached hydrogens (tertiary/aromatic N) is 4. The zero-order valence-electron chi connectivity index (χ0n) is 23.9. The van der Waals surface area contributed by atoms with E-state index in [-0.39, 0.29) is 35.2 Å². The zero-order valence-corrected chi connectivity index (χ0v) is 24.8. The lowest BCUT2D eigenvalue weighted by atomic mass is 9.87. The Kier molecular flexibility index (Phi) is 8.00. The molecule has 1 atom stereocenters. The van der Waals surface area contributed by atoms with E-state index in [4.69, 9.17) is 5.10 Å². The van der Waals surface area contributed by atoms with E-state index in [1.165, 1.54) is 23.9 Å². The molecular formula is C32H34FN5O2S. The number of aryl methyl sites for hydroxylation is 2. The van der Waals surface area contributed by atoms with Crippen molar-refractivity contribution in [3.05, 3.63) is 106 Å². The SMILES string of the molecule is Cc1ccc(-n2nc(C(C)(C)C)c3c2N(CC(=O)NCc2cccnc2)C(=O)CS[C@@H]3c2cccc(F)c2)c(C)c1. The van der Waals surface area contributed by atoms with Gasteiger partial charge in [-0.3, -0.25) is 19.5 Å². The molecular weight excluding hydrogens is 537 g/mol. The normalized spacial score (nSPS) is 15.4. The zero-order chi connectivity index (χ0) is 29.3. The molecule has 1 N–H and O–H groups in total. The number of rotatable bonds is 6. The van der Waals surface area contributed by atoms with Crippen molar-refractivity contribution in [3.8, 4) is 5.69 Å². The van der Waals surface area contributed by atoms with Crippen LogP contribution in [0.3, 0.4) is 0 Å². The Hall–Kier alpha value is -3.98. The van der Waals surface area contributed by atoms with Crippen LogP contribution in [0.5, 0.6) is 0 Å². The van der Waals surface area contributed by atoms with Crippen LogP contribution in [0.25, 0.3) is 5.69 Å². The Morgan fingerprint density at radius 3 is 2.61 bits per heavy atom. The molecule has 2 amide bonds. The number of hydrogen-bond acceptors (Lipinski definition) is 5. The predicted molar refractivity (Wildman–Crippen MR) is 161 cm³/mol. The summed E-state index contributed by atoms with van der Waals surface area (Å²) in [6.07, 6.45) is 3.37. The Balaban J connectivity index is 1.68. The number of carbonyl (C=O) groups excluding carboxylic acids is 2. The van der Waals surface area contributed by atoms with Crippen LogP contribution in [0.1, 0.15) is 59.5 Å². The molecule has 0 aliphatic carbocycles. The van der Waals surface area contributed by atoms with Crippen LogP contribution >= 0.6 is 11.8 Å². The fraction of sp³-hybridized carbons (Fsp3) is 0.312. The van der Waals surface area contributed by atoms with E-state index >= 15 is 0 Å². The van der Waals surface area contributed by atoms with Gasteiger partial charge in [0.1, 0.15) is 18.2 Å². The molecule has 212 valence electrons. The molecule has 2 aromatic heterocycles. The monoisotopic (exact) mass is 571 g/mol. The number of aromatic nitrogens is 3. The van der Waals surface area contributed by atoms with Gasteiger partial charge in [-0.05, 0) is 54.8 Å². The molecule has 0 fully saturated rings. The average Bonchev–Trinajstić information content (AvgIpc) is 3.25. The second-order valence-corrected chi connectivity index (χ2v) is 12.5. The molecule has 4 aromatic rings. The molecule has 0 unspecified atom stereocenters. The second kappa shape index (κ2) is 11.5. The minimum absolute atomic E-state index is 0.127. The average molecular weight is 572 g/mol. The van der Waals surface area contributed by atoms with Gasteiger partial charge in [0.25, 0.3) is 0 Å². The predicted octanol–water partition coefficient (Wildman–Crippen LogP) is 5.81. The van der Waals surface area contributed by atoms with Crippen molar-refractivity contribution in [2.45, 2.75) is 51.8 Å². The van der Waals surface area contributed by atoms with Gasteiger partial charge in [-0.25, -0.2) is 9.07 Å². The van der Waals surface area contributed by atoms with Crippen LogP contribution in [-0.2, 0) is 21.5 Å². The Bertz CT molecular complexity index is 1600. The molecule has 3 heterocycles. The highest BCUT2D eigenvalue weighted by atomic mass is 32.2. The molecule has 2 aromatic carbocycles. The van der Waals surface area contributed by atoms with E-state index in [0.717, 1.165) is 39.2 Å². The van der Waals surface area contributed by atoms with E-state index in [1.807, 2.05) is 44.2 Å². The summed E-state index contributed by atoms with van der Waals surface area (Å²) in [7, 11) is 0. The third-order valence-corrected chi connectivity index (χ3v) is 8.30. The number of halogens is 1. The minimum Gasteiger partial charge on any atom is -0.350 e. The van der Waals surface area contributed by atoms with Crippen molar-refractivity contribution in [3.63, 3.8) is 0 Å². The van der Waals surface area contributed by atoms with Gasteiger partial charge < -0.3 is 5.32 Å². The van der Waals surface area contributed by atoms with E-state index in [9.17, 15) is 14.0 Å². The molecule has 7 nitrogen and oxygen atoms in total. The van der Waals surface area contributed by atoms with Gasteiger partial charge in [0.2, 0.25) is 11.8 Å². The van der Waals surface area contributed by atoms with Gasteiger partial charge in [0.05, 0.1) is 22.4 Å². The van der Waals surface area contributed by atoms with E-state index < -0.39 is 5.41 Å². The maximum absolute atomic E-state index is 14.5. The topological polar surface area (TPSA) is 80.1 Å². The Morgan fingerprint density at radius 1 is 1.12 bits per heavy atom. The first-order valence-corrected chi connectivity index (χ1v) is 14.6. The van der Waals surface area contributed by atoms with E-state index in [0.29, 0.717) is 12.4 Å². The number of pyridine rings is 1. The number of nitrogens with one attached hydrogen (secondary N) is 1. The highest BCUT2D eigenvalue weighted by molar-refractivity contribution is 8.00. The minimum atomic E-state index is -0.401. The molecule has 0 radical (unpaired) electrons. The van der Waals surface area contributed by atoms with Crippen LogP contribution in [0.2, 0.25) is 0 Å². The quantitative estimate of drug-likeness (QED) is 0.316. The Morgan fingerprint density at radius 2 is 1.93 bits per heavy atom. The highest BCUT2D eigenvalue weighted by Crippen LogP contribution is 2.48. The Labute approximate surface area is 244 Å². The molecule has 0 saturated carbocycles. The summed E-state index contributed by atoms with van der Waals surface area (Å²) in [5.74, 6) is -0.179. The number of thioether (sulfide) groups is 1. The fourth-order valence-corrected chi connectivity index (χ4v) is 6.31. The fourth-order valence-electron chi connectivity index (χ4n) is 5.12. The van der Waals surface area contributed by atoms with E-state index in [2.05, 4.69) is 37.1 Å². The molecule has 5 rings (SSSR count). The lowest BCUT2D eigenvalue weighted by Gasteiger charge is -2.25. The van der Waals surface area contributed by atoms with Crippen molar-refractivity contribution < 1.29 is 14.0 Å². The lowest BCUT2D eigenvalue weighted by molar-refractivity contribution is -0.123. The van der Waals surface area contributed by atoms with Crippen molar-refractivity contribution in [2.75, 3.05) is 17.2 Å². The number of fused-ring (bicyclic) bond motifs is 1. The molecule has 1 aliphatic heterocycles. The van der Waals surface area contributed by atoms with E-state index in [1.54, 1.807) is 28.0 Å². The third kappa shape index (κ3) is 6.05. The summed E-state index contributed by atoms with van der Waals surface area (Å²) in [4.78, 5) is 32.8. The number of benzene rings is 2. The van der Waals surface area contributed by atoms with Gasteiger partial charge >= 0.3 is 0 Å². The molecule has 1 aliphatic rings. The summed E-state index contributed by atoms with van der Waals surface area (Å²) in [5, 5.41) is 7.69. The van der Waals surface area contributed by atoms with Gasteiger partial charge in [-0.2, -0.15) is 5.10 Å². The number of amides is 2. The first-order valence-electron chi connectivity index (χ1n) is 13.6. The maximum atomic E-state index is 14.5. The van der Waals surface area contributed by atoms with Crippen LogP contribution in [0.15, 0.2) is 67.0 Å². The second-order valence-electron chi connectivity index (χ2n) is 11.4. The van der Waals surface area contributed by atoms with Crippen LogP contribution in [0.4, 0.5) is 10.2 Å². The standard InChI is InChI=1S/C32H34FN5O2S/c1-20-11-12-25(21(2)14-20)38-31-28(30(36-38)32(3,4)5)29(23-9-6-10-24(33)15-23)41-19-27(40)37(31)18-26(39)35-17-22-8-7-13-34-16-22/h6-16,29H,17-19H2,1-5H3,(H,35,39)/t29-/m1/s1. The number of hydrogen-bond donors (Lipinski definition) is 1. The summed E-state index contributed by atoms with van der Waals surface area (Å²) in [6, 6.07) is 16.3. The molecule has 41 heavy (non-hydrogen) atoms. The van der Waals surface area contributed by atoms with Gasteiger partial charge in [-0.15, -0.1) is 11.8 Å². The third-order valence-electron chi connectivity index (χ3n) is 7.05. The van der Waals surface area contributed by atoms with Gasteiger partial charge in [0.15, 0.2) is 0 Å². The van der Waals surface area contributed by atoms with Crippen molar-refractivity contribution in [1.29, 1.82) is 0 Å². The lowest BCUT2D eigenvalue weighted by Crippen LogP contribution is -2.42. The number of anilines is 1. The van der Waals surface area contributed by atoms with Gasteiger partial charge in [0, 0.05) is 29.9 Å². The molecule has 0 spiro atoms. The first kappa shape index (κ1) is 28.5.